The fraction of sp³-hybridized carbons (Fsp3) is 0.538. The molecule has 0 N–H and O–H groups in total. The third kappa shape index (κ3) is 24.9. The molecule has 7 aromatic rings. The Balaban J connectivity index is 0.734. The first-order chi connectivity index (χ1) is 70.8. The van der Waals surface area contributed by atoms with Crippen molar-refractivity contribution in [2.45, 2.75) is 221 Å². The molecule has 0 aliphatic carbocycles. The minimum atomic E-state index is -2.11. The lowest BCUT2D eigenvalue weighted by atomic mass is 9.94. The van der Waals surface area contributed by atoms with Crippen LogP contribution in [0.2, 0.25) is 0 Å². The van der Waals surface area contributed by atoms with E-state index in [4.69, 9.17) is 166 Å². The number of rotatable bonds is 43. The summed E-state index contributed by atoms with van der Waals surface area (Å²) in [6.07, 6.45) is -47.5. The molecule has 9 aliphatic rings. The molecule has 9 aliphatic heterocycles. The highest BCUT2D eigenvalue weighted by Crippen LogP contribution is 2.46. The van der Waals surface area contributed by atoms with E-state index in [0.717, 1.165) is 0 Å². The van der Waals surface area contributed by atoms with Gasteiger partial charge in [-0.05, 0) is 72.8 Å². The van der Waals surface area contributed by atoms with Crippen LogP contribution < -0.4 is 0 Å². The van der Waals surface area contributed by atoms with Crippen molar-refractivity contribution in [3.63, 3.8) is 0 Å². The maximum absolute atomic E-state index is 15.6. The molecule has 0 amide bonds. The van der Waals surface area contributed by atoms with Crippen LogP contribution in [0.5, 0.6) is 0 Å². The number of esters is 6. The number of ether oxygens (including phenoxy) is 35. The molecule has 7 aromatic carbocycles. The molecule has 36 atom stereocenters. The minimum absolute atomic E-state index is 0.0299. The molecular weight excluding hydrogens is 1910 g/mol. The van der Waals surface area contributed by atoms with E-state index in [0.29, 0.717) is 5.56 Å². The van der Waals surface area contributed by atoms with Crippen molar-refractivity contribution >= 4 is 35.8 Å². The fourth-order valence-corrected chi connectivity index (χ4v) is 19.6. The van der Waals surface area contributed by atoms with Gasteiger partial charge in [-0.1, -0.05) is 140 Å². The molecule has 18 unspecified atom stereocenters. The van der Waals surface area contributed by atoms with E-state index in [1.165, 1.54) is 158 Å². The lowest BCUT2D eigenvalue weighted by Gasteiger charge is -2.52. The van der Waals surface area contributed by atoms with Gasteiger partial charge in [0.15, 0.2) is 74.7 Å². The molecule has 0 saturated carbocycles. The van der Waals surface area contributed by atoms with Crippen molar-refractivity contribution in [3.8, 4) is 0 Å². The molecule has 9 fully saturated rings. The Morgan fingerprint density at radius 2 is 0.483 bits per heavy atom. The van der Waals surface area contributed by atoms with Crippen LogP contribution in [0.15, 0.2) is 212 Å². The Labute approximate surface area is 837 Å². The highest BCUT2D eigenvalue weighted by atomic mass is 16.8. The topological polar surface area (TPSA) is 425 Å². The first-order valence-electron chi connectivity index (χ1n) is 47.5. The molecule has 0 radical (unpaired) electrons. The van der Waals surface area contributed by atoms with Gasteiger partial charge in [0.1, 0.15) is 160 Å². The second-order valence-electron chi connectivity index (χ2n) is 35.2. The van der Waals surface area contributed by atoms with Gasteiger partial charge >= 0.3 is 35.8 Å². The van der Waals surface area contributed by atoms with Crippen molar-refractivity contribution in [3.05, 3.63) is 251 Å². The fourth-order valence-electron chi connectivity index (χ4n) is 19.6. The van der Waals surface area contributed by atoms with E-state index in [-0.39, 0.29) is 66.4 Å². The molecule has 0 aromatic heterocycles. The van der Waals surface area contributed by atoms with Crippen LogP contribution in [0.3, 0.4) is 0 Å². The highest BCUT2D eigenvalue weighted by Gasteiger charge is 2.64. The largest absolute Gasteiger partial charge is 0.459 e. The molecular formula is C104H124O41. The van der Waals surface area contributed by atoms with Crippen molar-refractivity contribution in [2.24, 2.45) is 0 Å². The van der Waals surface area contributed by atoms with Crippen molar-refractivity contribution < 1.29 is 195 Å². The van der Waals surface area contributed by atoms with Crippen LogP contribution in [0.25, 0.3) is 0 Å². The van der Waals surface area contributed by atoms with E-state index in [2.05, 4.69) is 0 Å². The Morgan fingerprint density at radius 3 is 0.807 bits per heavy atom. The standard InChI is InChI=1S/C104H124O41/c1-111-49-63-70(78(115-5)85(120-10)99(129-63)141-71-64(50-112-2)131-101(87(122-12)79(71)116-6)143-74-68-55-127-98(128-68)84(119-9)77(74)114-4)140-100-86(121-11)80(117-7)72(65(130-100)51-113-3)142-102-88(123-13)81(118-8)73(66(132-102)52-124-91(105)56-35-21-14-22-36-56)144-103-90(138-96(110)61-45-31-19-32-46-61)83(136-94(108)59-41-27-17-28-42-59)76(67(133-103)53-125-92(106)57-37-23-15-24-38-57)145-104-89(137-95(109)60-43-29-18-30-44-60)82(135-93(107)58-39-25-16-26-40-58)75-69(134-104)54-126-97(139-75)62-47-33-20-34-48-62/h14-48,63-90,97-104H,49-55H2,1-13H3/t63?,64?,65?,66?,67?,68-,69?,70+,71+,72+,73+,74+,75-,76+,77?,78-,79-,80?,81?,82?,83-,84?,85?,86?,87?,88?,89?,90?,97?,98+,99-,100-,101-,102+,103-,104-/m0/s1. The predicted molar refractivity (Wildman–Crippen MR) is 495 cm³/mol. The Kier molecular flexibility index (Phi) is 38.6. The second-order valence-corrected chi connectivity index (χ2v) is 35.2. The molecule has 41 nitrogen and oxygen atoms in total. The lowest BCUT2D eigenvalue weighted by molar-refractivity contribution is -0.403. The number of carbonyl (C=O) groups is 6. The van der Waals surface area contributed by atoms with Gasteiger partial charge in [0, 0.05) is 98.0 Å². The molecule has 9 saturated heterocycles. The SMILES string of the molecule is COCC1O[C@@H](O[C@@H]2C(COC)O[C@@H](O[C@@H]3C(COC)O[C@@H](O[C@H]4C(OC)C(OC)[C@@H]5OC[C@@H]4O5)C(OC)[C@H]3OC)C(OC)[C@H]2OC)C(OC)C(OC)[C@@H]1O[C@H]1OC(COC(=O)c2ccccc2)[C@@H](O[C@@H]2OC(COC(=O)c3ccccc3)[C@@H](O[C@@H]3OC4COC(c5ccccc5)O[C@@H]4C(OC(=O)c4ccccc4)C3OC(=O)c3ccccc3)[C@H](OC(=O)c3ccccc3)C2OC(=O)c2ccccc2)C(OC)C1OC. The van der Waals surface area contributed by atoms with Gasteiger partial charge in [-0.3, -0.25) is 0 Å². The molecule has 145 heavy (non-hydrogen) atoms. The summed E-state index contributed by atoms with van der Waals surface area (Å²) >= 11 is 0. The molecule has 41 heteroatoms. The summed E-state index contributed by atoms with van der Waals surface area (Å²) in [4.78, 5) is 90.3. The zero-order chi connectivity index (χ0) is 102. The van der Waals surface area contributed by atoms with Crippen molar-refractivity contribution in [2.75, 3.05) is 139 Å². The molecule has 0 spiro atoms. The predicted octanol–water partition coefficient (Wildman–Crippen LogP) is 7.22. The van der Waals surface area contributed by atoms with Gasteiger partial charge in [0.25, 0.3) is 0 Å². The van der Waals surface area contributed by atoms with E-state index in [9.17, 15) is 14.4 Å². The maximum atomic E-state index is 15.6. The average Bonchev–Trinajstić information content (AvgIpc) is 1.31. The van der Waals surface area contributed by atoms with Gasteiger partial charge in [0.05, 0.1) is 66.4 Å². The average molecular weight is 2030 g/mol. The Morgan fingerprint density at radius 1 is 0.228 bits per heavy atom. The number of hydrogen-bond donors (Lipinski definition) is 0. The first kappa shape index (κ1) is 108. The Hall–Kier alpha value is -9.80. The number of benzene rings is 7. The smallest absolute Gasteiger partial charge is 0.338 e. The first-order valence-corrected chi connectivity index (χ1v) is 47.5. The van der Waals surface area contributed by atoms with Crippen LogP contribution in [-0.4, -0.2) is 389 Å². The third-order valence-electron chi connectivity index (χ3n) is 26.6. The monoisotopic (exact) mass is 2030 g/mol. The van der Waals surface area contributed by atoms with E-state index in [1.54, 1.807) is 147 Å². The summed E-state index contributed by atoms with van der Waals surface area (Å²) in [6.45, 7) is -2.05. The number of carbonyl (C=O) groups excluding carboxylic acids is 6. The zero-order valence-electron chi connectivity index (χ0n) is 82.2. The normalized spacial score (nSPS) is 35.0. The summed E-state index contributed by atoms with van der Waals surface area (Å²) in [6, 6.07) is 56.2. The van der Waals surface area contributed by atoms with Gasteiger partial charge < -0.3 is 166 Å². The third-order valence-corrected chi connectivity index (χ3v) is 26.6. The quantitative estimate of drug-likeness (QED) is 0.0269. The molecule has 16 rings (SSSR count). The van der Waals surface area contributed by atoms with E-state index in [1.807, 2.05) is 0 Å². The van der Waals surface area contributed by atoms with Gasteiger partial charge in [0.2, 0.25) is 0 Å². The number of methoxy groups -OCH3 is 13. The number of fused-ring (bicyclic) bond motifs is 3. The van der Waals surface area contributed by atoms with Crippen LogP contribution in [0.4, 0.5) is 0 Å². The van der Waals surface area contributed by atoms with Gasteiger partial charge in [-0.25, -0.2) is 28.8 Å². The van der Waals surface area contributed by atoms with E-state index < -0.39 is 270 Å². The molecule has 786 valence electrons. The number of hydrogen-bond acceptors (Lipinski definition) is 41. The van der Waals surface area contributed by atoms with Crippen molar-refractivity contribution in [1.82, 2.24) is 0 Å². The van der Waals surface area contributed by atoms with Crippen LogP contribution >= 0.6 is 0 Å². The van der Waals surface area contributed by atoms with Crippen molar-refractivity contribution in [1.29, 1.82) is 0 Å². The minimum Gasteiger partial charge on any atom is -0.459 e. The van der Waals surface area contributed by atoms with Crippen LogP contribution in [-0.2, 0) is 166 Å². The van der Waals surface area contributed by atoms with E-state index >= 15 is 14.4 Å². The van der Waals surface area contributed by atoms with Crippen LogP contribution in [0, 0.1) is 0 Å². The summed E-state index contributed by atoms with van der Waals surface area (Å²) < 4.78 is 230. The summed E-state index contributed by atoms with van der Waals surface area (Å²) in [5.74, 6) is -5.72. The highest BCUT2D eigenvalue weighted by molar-refractivity contribution is 5.92. The second kappa shape index (κ2) is 51.9. The Bertz CT molecular complexity index is 5170. The summed E-state index contributed by atoms with van der Waals surface area (Å²) in [5.41, 5.74) is 0.778. The maximum Gasteiger partial charge on any atom is 0.338 e. The summed E-state index contributed by atoms with van der Waals surface area (Å²) in [7, 11) is 18.9. The molecule has 2 bridgehead atoms. The zero-order valence-corrected chi connectivity index (χ0v) is 82.2. The summed E-state index contributed by atoms with van der Waals surface area (Å²) in [5, 5.41) is 0. The van der Waals surface area contributed by atoms with Gasteiger partial charge in [-0.2, -0.15) is 0 Å². The van der Waals surface area contributed by atoms with Gasteiger partial charge in [-0.15, -0.1) is 0 Å². The molecule has 9 heterocycles. The lowest BCUT2D eigenvalue weighted by Crippen LogP contribution is -2.70. The van der Waals surface area contributed by atoms with Crippen LogP contribution in [0.1, 0.15) is 74.0 Å².